The van der Waals surface area contributed by atoms with Crippen LogP contribution in [0, 0.1) is 22.7 Å². The van der Waals surface area contributed by atoms with E-state index in [0.717, 1.165) is 0 Å². The van der Waals surface area contributed by atoms with E-state index in [9.17, 15) is 24.6 Å². The maximum absolute atomic E-state index is 17.4. The largest absolute Gasteiger partial charge is 0.506 e. The van der Waals surface area contributed by atoms with Crippen LogP contribution in [0.1, 0.15) is 56.3 Å². The first-order valence-corrected chi connectivity index (χ1v) is 15.1. The number of esters is 1. The highest BCUT2D eigenvalue weighted by Crippen LogP contribution is 2.70. The number of phenolic OH excluding ortho intramolecular Hbond substituents is 1. The molecule has 6 rings (SSSR count). The van der Waals surface area contributed by atoms with Crippen molar-refractivity contribution in [2.24, 2.45) is 22.7 Å². The fourth-order valence-electron chi connectivity index (χ4n) is 8.32. The second kappa shape index (κ2) is 10.2. The molecule has 0 aliphatic heterocycles. The number of aromatic hydroxyl groups is 1. The van der Waals surface area contributed by atoms with Gasteiger partial charge in [-0.1, -0.05) is 30.2 Å². The van der Waals surface area contributed by atoms with Gasteiger partial charge in [0.1, 0.15) is 17.2 Å². The fourth-order valence-corrected chi connectivity index (χ4v) is 8.91. The van der Waals surface area contributed by atoms with E-state index in [0.29, 0.717) is 36.3 Å². The number of hydrogen-bond donors (Lipinski definition) is 3. The fraction of sp³-hybridized carbons (Fsp3) is 0.424. The lowest BCUT2D eigenvalue weighted by atomic mass is 9.45. The number of rotatable bonds is 5. The molecule has 0 radical (unpaired) electrons. The van der Waals surface area contributed by atoms with Crippen molar-refractivity contribution < 1.29 is 38.5 Å². The lowest BCUT2D eigenvalue weighted by Gasteiger charge is -2.62. The van der Waals surface area contributed by atoms with E-state index in [1.165, 1.54) is 36.4 Å². The molecule has 4 aliphatic carbocycles. The number of fused-ring (bicyclic) bond motifs is 5. The Morgan fingerprint density at radius 1 is 1.07 bits per heavy atom. The number of carbonyl (C=O) groups excluding carboxylic acids is 3. The number of alkyl halides is 1. The number of aliphatic hydroxyl groups is 1. The lowest BCUT2D eigenvalue weighted by Crippen LogP contribution is -2.69. The summed E-state index contributed by atoms with van der Waals surface area (Å²) in [6.07, 6.45) is 4.29. The summed E-state index contributed by atoms with van der Waals surface area (Å²) in [5, 5.41) is 20.7. The normalized spacial score (nSPS) is 36.2. The second-order valence-electron chi connectivity index (χ2n) is 12.6. The van der Waals surface area contributed by atoms with Crippen molar-refractivity contribution in [3.63, 3.8) is 0 Å². The van der Waals surface area contributed by atoms with Crippen LogP contribution in [0.2, 0.25) is 5.02 Å². The van der Waals surface area contributed by atoms with Gasteiger partial charge in [-0.15, -0.1) is 12.6 Å². The van der Waals surface area contributed by atoms with Gasteiger partial charge in [0.25, 0.3) is 0 Å². The molecule has 0 amide bonds. The summed E-state index contributed by atoms with van der Waals surface area (Å²) < 4.78 is 29.2. The molecule has 7 atom stereocenters. The van der Waals surface area contributed by atoms with Gasteiger partial charge in [-0.25, -0.2) is 9.18 Å². The Kier molecular flexibility index (Phi) is 7.10. The zero-order valence-electron chi connectivity index (χ0n) is 23.7. The van der Waals surface area contributed by atoms with E-state index in [-0.39, 0.29) is 40.9 Å². The third kappa shape index (κ3) is 4.30. The van der Waals surface area contributed by atoms with Crippen LogP contribution in [0.3, 0.4) is 0 Å². The molecule has 2 aromatic carbocycles. The quantitative estimate of drug-likeness (QED) is 0.255. The van der Waals surface area contributed by atoms with Gasteiger partial charge in [-0.2, -0.15) is 0 Å². The lowest BCUT2D eigenvalue weighted by molar-refractivity contribution is -0.214. The van der Waals surface area contributed by atoms with Gasteiger partial charge in [0, 0.05) is 22.8 Å². The van der Waals surface area contributed by atoms with Crippen LogP contribution in [-0.2, 0) is 14.3 Å². The number of ketones is 1. The third-order valence-corrected chi connectivity index (χ3v) is 11.3. The van der Waals surface area contributed by atoms with Crippen molar-refractivity contribution in [1.82, 2.24) is 0 Å². The first kappa shape index (κ1) is 29.9. The summed E-state index contributed by atoms with van der Waals surface area (Å²) >= 11 is 10.1. The molecule has 2 aromatic rings. The van der Waals surface area contributed by atoms with Crippen LogP contribution in [0.4, 0.5) is 4.39 Å². The van der Waals surface area contributed by atoms with Gasteiger partial charge in [-0.05, 0) is 93.5 Å². The minimum Gasteiger partial charge on any atom is -0.506 e. The summed E-state index contributed by atoms with van der Waals surface area (Å²) in [5.74, 6) is -1.23. The number of carbonyl (C=O) groups is 3. The smallest absolute Gasteiger partial charge is 0.339 e. The summed E-state index contributed by atoms with van der Waals surface area (Å²) in [6.45, 7) is 3.53. The molecule has 0 unspecified atom stereocenters. The van der Waals surface area contributed by atoms with Crippen molar-refractivity contribution in [2.75, 3.05) is 0 Å². The van der Waals surface area contributed by atoms with Gasteiger partial charge in [0.15, 0.2) is 17.1 Å². The Balaban J connectivity index is 1.27. The Bertz CT molecular complexity index is 1590. The van der Waals surface area contributed by atoms with Crippen LogP contribution >= 0.6 is 24.2 Å². The first-order chi connectivity index (χ1) is 20.2. The monoisotopic (exact) mass is 626 g/mol. The highest BCUT2D eigenvalue weighted by atomic mass is 35.5. The molecule has 2 N–H and O–H groups in total. The number of phenols is 1. The summed E-state index contributed by atoms with van der Waals surface area (Å²) in [7, 11) is 0. The molecule has 226 valence electrons. The molecule has 0 bridgehead atoms. The summed E-state index contributed by atoms with van der Waals surface area (Å²) in [6, 6.07) is 10.5. The summed E-state index contributed by atoms with van der Waals surface area (Å²) in [5.41, 5.74) is -5.13. The molecule has 3 fully saturated rings. The van der Waals surface area contributed by atoms with Gasteiger partial charge >= 0.3 is 5.97 Å². The topological polar surface area (TPSA) is 110 Å². The summed E-state index contributed by atoms with van der Waals surface area (Å²) in [4.78, 5) is 38.9. The number of halogens is 2. The van der Waals surface area contributed by atoms with Crippen molar-refractivity contribution >= 4 is 41.1 Å². The highest BCUT2D eigenvalue weighted by molar-refractivity contribution is 7.96. The predicted molar refractivity (Wildman–Crippen MR) is 160 cm³/mol. The number of benzene rings is 2. The molecule has 43 heavy (non-hydrogen) atoms. The Labute approximate surface area is 259 Å². The van der Waals surface area contributed by atoms with Crippen LogP contribution in [0.25, 0.3) is 0 Å². The zero-order chi connectivity index (χ0) is 30.9. The van der Waals surface area contributed by atoms with Crippen LogP contribution < -0.4 is 4.74 Å². The molecule has 7 nitrogen and oxygen atoms in total. The number of aliphatic hydroxyl groups excluding tert-OH is 1. The number of hydrogen-bond acceptors (Lipinski definition) is 7. The molecule has 0 saturated heterocycles. The average molecular weight is 627 g/mol. The molecule has 10 heteroatoms. The van der Waals surface area contributed by atoms with E-state index in [1.807, 2.05) is 0 Å². The average Bonchev–Trinajstić information content (AvgIpc) is 3.24. The SMILES string of the molecule is C[C@]12C=CC(=O)C=C1CC[C@H]1[C@@H]3CC[C@](OC(=O)c4ccc(Oc5ccc(O)c(Cl)c5)cc4)(C(=O)S)[C@@]3(C)C[C@H](O)[C@@]12F. The van der Waals surface area contributed by atoms with Gasteiger partial charge in [0.2, 0.25) is 5.12 Å². The van der Waals surface area contributed by atoms with Gasteiger partial charge in [0.05, 0.1) is 16.7 Å². The number of ether oxygens (including phenoxy) is 2. The Hall–Kier alpha value is -3.14. The zero-order valence-corrected chi connectivity index (χ0v) is 25.3. The number of thiol groups is 1. The first-order valence-electron chi connectivity index (χ1n) is 14.3. The molecule has 0 heterocycles. The van der Waals surface area contributed by atoms with E-state index in [1.54, 1.807) is 38.1 Å². The van der Waals surface area contributed by atoms with Gasteiger partial charge < -0.3 is 19.7 Å². The maximum Gasteiger partial charge on any atom is 0.339 e. The van der Waals surface area contributed by atoms with Crippen molar-refractivity contribution in [3.05, 3.63) is 76.9 Å². The van der Waals surface area contributed by atoms with Crippen LogP contribution in [0.5, 0.6) is 17.2 Å². The standard InChI is InChI=1S/C33H32ClFO7S/c1-30-13-11-20(36)15-19(30)5-9-24-23-12-14-32(29(40)43,31(23,2)17-27(38)33(24,30)35)42-28(39)18-3-6-21(7-4-18)41-22-8-10-26(37)25(34)16-22/h3-4,6-8,10-11,13,15-16,23-24,27,37-38H,5,9,12,14,17H2,1-2H3,(H,40,43)/t23-,24-,27-,30-,31-,32-,33-/m0/s1. The van der Waals surface area contributed by atoms with Gasteiger partial charge in [-0.3, -0.25) is 9.59 Å². The molecule has 4 aliphatic rings. The van der Waals surface area contributed by atoms with Crippen molar-refractivity contribution in [1.29, 1.82) is 0 Å². The Morgan fingerprint density at radius 3 is 2.44 bits per heavy atom. The number of allylic oxidation sites excluding steroid dienone is 4. The minimum atomic E-state index is -2.06. The predicted octanol–water partition coefficient (Wildman–Crippen LogP) is 6.56. The van der Waals surface area contributed by atoms with E-state index in [2.05, 4.69) is 12.6 Å². The van der Waals surface area contributed by atoms with Crippen molar-refractivity contribution in [3.8, 4) is 17.2 Å². The molecule has 0 aromatic heterocycles. The molecular formula is C33H32ClFO7S. The second-order valence-corrected chi connectivity index (χ2v) is 13.4. The maximum atomic E-state index is 17.4. The van der Waals surface area contributed by atoms with E-state index in [4.69, 9.17) is 21.1 Å². The van der Waals surface area contributed by atoms with E-state index < -0.39 is 45.2 Å². The third-order valence-electron chi connectivity index (χ3n) is 10.6. The van der Waals surface area contributed by atoms with Crippen molar-refractivity contribution in [2.45, 2.75) is 63.3 Å². The van der Waals surface area contributed by atoms with E-state index >= 15 is 4.39 Å². The van der Waals surface area contributed by atoms with Crippen LogP contribution in [-0.4, -0.2) is 44.5 Å². The Morgan fingerprint density at radius 2 is 1.77 bits per heavy atom. The molecular weight excluding hydrogens is 595 g/mol. The molecule has 3 saturated carbocycles. The van der Waals surface area contributed by atoms with Crippen LogP contribution in [0.15, 0.2) is 66.3 Å². The highest BCUT2D eigenvalue weighted by Gasteiger charge is 2.75. The minimum absolute atomic E-state index is 0.0769. The molecule has 0 spiro atoms.